The van der Waals surface area contributed by atoms with Gasteiger partial charge < -0.3 is 13.6 Å². The largest absolute Gasteiger partial charge is 0.461 e. The Morgan fingerprint density at radius 1 is 1.32 bits per heavy atom. The van der Waals surface area contributed by atoms with Crippen molar-refractivity contribution in [3.05, 3.63) is 41.4 Å². The summed E-state index contributed by atoms with van der Waals surface area (Å²) in [4.78, 5) is 12.6. The van der Waals surface area contributed by atoms with E-state index in [1.807, 2.05) is 43.7 Å². The molecule has 0 saturated carbocycles. The van der Waals surface area contributed by atoms with Crippen LogP contribution in [-0.4, -0.2) is 30.9 Å². The summed E-state index contributed by atoms with van der Waals surface area (Å²) < 4.78 is 9.41. The highest BCUT2D eigenvalue weighted by Gasteiger charge is 2.18. The lowest BCUT2D eigenvalue weighted by molar-refractivity contribution is 0.102. The molecular formula is C18H22N4O2S. The zero-order valence-corrected chi connectivity index (χ0v) is 15.8. The van der Waals surface area contributed by atoms with E-state index in [1.165, 1.54) is 11.8 Å². The Morgan fingerprint density at radius 3 is 2.80 bits per heavy atom. The minimum Gasteiger partial charge on any atom is -0.461 e. The predicted octanol–water partition coefficient (Wildman–Crippen LogP) is 3.88. The molecule has 0 amide bonds. The van der Waals surface area contributed by atoms with Crippen LogP contribution < -0.4 is 0 Å². The van der Waals surface area contributed by atoms with Gasteiger partial charge in [-0.05, 0) is 38.5 Å². The fraction of sp³-hybridized carbons (Fsp3) is 0.389. The summed E-state index contributed by atoms with van der Waals surface area (Å²) in [5.41, 5.74) is 2.97. The van der Waals surface area contributed by atoms with Crippen LogP contribution in [0, 0.1) is 13.8 Å². The van der Waals surface area contributed by atoms with Crippen molar-refractivity contribution in [1.82, 2.24) is 19.3 Å². The van der Waals surface area contributed by atoms with Gasteiger partial charge in [-0.3, -0.25) is 4.79 Å². The minimum absolute atomic E-state index is 0.114. The van der Waals surface area contributed by atoms with Gasteiger partial charge in [0.25, 0.3) is 0 Å². The van der Waals surface area contributed by atoms with E-state index in [4.69, 9.17) is 4.42 Å². The van der Waals surface area contributed by atoms with Crippen molar-refractivity contribution in [2.75, 3.05) is 5.75 Å². The van der Waals surface area contributed by atoms with Crippen LogP contribution in [0.3, 0.4) is 0 Å². The van der Waals surface area contributed by atoms with Gasteiger partial charge in [0.05, 0.1) is 12.0 Å². The number of hydrogen-bond donors (Lipinski definition) is 0. The summed E-state index contributed by atoms with van der Waals surface area (Å²) in [7, 11) is 1.87. The van der Waals surface area contributed by atoms with Crippen LogP contribution in [-0.2, 0) is 13.6 Å². The second kappa shape index (κ2) is 7.31. The fourth-order valence-electron chi connectivity index (χ4n) is 2.92. The van der Waals surface area contributed by atoms with Gasteiger partial charge in [0.1, 0.15) is 0 Å². The first-order chi connectivity index (χ1) is 12.0. The molecule has 132 valence electrons. The molecule has 7 heteroatoms. The average molecular weight is 358 g/mol. The maximum atomic E-state index is 12.6. The average Bonchev–Trinajstić information content (AvgIpc) is 3.29. The van der Waals surface area contributed by atoms with Crippen molar-refractivity contribution >= 4 is 17.5 Å². The van der Waals surface area contributed by atoms with Crippen molar-refractivity contribution in [2.45, 2.75) is 38.9 Å². The monoisotopic (exact) mass is 358 g/mol. The molecule has 25 heavy (non-hydrogen) atoms. The third-order valence-corrected chi connectivity index (χ3v) is 5.25. The number of thioether (sulfide) groups is 1. The molecule has 0 N–H and O–H groups in total. The minimum atomic E-state index is 0.114. The van der Waals surface area contributed by atoms with Crippen LogP contribution in [0.1, 0.15) is 35.1 Å². The topological polar surface area (TPSA) is 65.8 Å². The summed E-state index contributed by atoms with van der Waals surface area (Å²) in [5.74, 6) is 1.76. The number of ketones is 1. The van der Waals surface area contributed by atoms with E-state index in [9.17, 15) is 4.79 Å². The molecule has 0 aromatic carbocycles. The van der Waals surface area contributed by atoms with E-state index in [1.54, 1.807) is 6.26 Å². The van der Waals surface area contributed by atoms with Gasteiger partial charge in [0, 0.05) is 30.5 Å². The van der Waals surface area contributed by atoms with Gasteiger partial charge in [-0.1, -0.05) is 18.7 Å². The third-order valence-electron chi connectivity index (χ3n) is 4.23. The zero-order valence-electron chi connectivity index (χ0n) is 14.9. The number of carbonyl (C=O) groups is 1. The molecule has 0 unspecified atom stereocenters. The number of aromatic nitrogens is 4. The molecule has 3 rings (SSSR count). The maximum absolute atomic E-state index is 12.6. The third kappa shape index (κ3) is 3.42. The number of Topliss-reactive ketones (excluding diaryl/α,β-unsaturated/α-hetero) is 1. The summed E-state index contributed by atoms with van der Waals surface area (Å²) in [5, 5.41) is 9.02. The van der Waals surface area contributed by atoms with E-state index < -0.39 is 0 Å². The molecule has 6 nitrogen and oxygen atoms in total. The van der Waals surface area contributed by atoms with Crippen LogP contribution in [0.15, 0.2) is 34.0 Å². The highest BCUT2D eigenvalue weighted by molar-refractivity contribution is 7.99. The van der Waals surface area contributed by atoms with Gasteiger partial charge in [0.15, 0.2) is 22.5 Å². The van der Waals surface area contributed by atoms with Crippen LogP contribution in [0.25, 0.3) is 11.6 Å². The number of hydrogen-bond acceptors (Lipinski definition) is 5. The normalized spacial score (nSPS) is 11.2. The summed E-state index contributed by atoms with van der Waals surface area (Å²) in [6, 6.07) is 5.64. The van der Waals surface area contributed by atoms with E-state index in [2.05, 4.69) is 21.7 Å². The Morgan fingerprint density at radius 2 is 2.12 bits per heavy atom. The highest BCUT2D eigenvalue weighted by Crippen LogP contribution is 2.24. The zero-order chi connectivity index (χ0) is 18.0. The molecular weight excluding hydrogens is 336 g/mol. The first kappa shape index (κ1) is 17.5. The van der Waals surface area contributed by atoms with E-state index in [-0.39, 0.29) is 5.78 Å². The molecule has 0 atom stereocenters. The lowest BCUT2D eigenvalue weighted by Gasteiger charge is -2.07. The second-order valence-electron chi connectivity index (χ2n) is 5.99. The Balaban J connectivity index is 1.72. The maximum Gasteiger partial charge on any atom is 0.200 e. The van der Waals surface area contributed by atoms with Gasteiger partial charge >= 0.3 is 0 Å². The number of aryl methyl sites for hydroxylation is 1. The molecule has 0 fully saturated rings. The standard InChI is InChI=1S/C18H22N4O2S/c1-5-8-22-12(2)10-14(13(22)3)15(23)11-25-18-20-19-17(21(18)4)16-7-6-9-24-16/h6-7,9-10H,5,8,11H2,1-4H3. The van der Waals surface area contributed by atoms with Crippen molar-refractivity contribution in [2.24, 2.45) is 7.05 Å². The van der Waals surface area contributed by atoms with E-state index >= 15 is 0 Å². The summed E-state index contributed by atoms with van der Waals surface area (Å²) >= 11 is 1.39. The quantitative estimate of drug-likeness (QED) is 0.474. The van der Waals surface area contributed by atoms with Crippen LogP contribution in [0.2, 0.25) is 0 Å². The molecule has 0 spiro atoms. The first-order valence-corrected chi connectivity index (χ1v) is 9.27. The smallest absolute Gasteiger partial charge is 0.200 e. The van der Waals surface area contributed by atoms with Crippen LogP contribution in [0.5, 0.6) is 0 Å². The molecule has 0 aliphatic heterocycles. The molecule has 3 heterocycles. The van der Waals surface area contributed by atoms with Gasteiger partial charge in [0.2, 0.25) is 0 Å². The number of furan rings is 1. The molecule has 0 saturated heterocycles. The van der Waals surface area contributed by atoms with Crippen molar-refractivity contribution in [3.63, 3.8) is 0 Å². The lowest BCUT2D eigenvalue weighted by Crippen LogP contribution is -2.07. The van der Waals surface area contributed by atoms with E-state index in [0.29, 0.717) is 22.5 Å². The summed E-state index contributed by atoms with van der Waals surface area (Å²) in [6.07, 6.45) is 2.65. The van der Waals surface area contributed by atoms with Gasteiger partial charge in [-0.25, -0.2) is 0 Å². The number of nitrogens with zero attached hydrogens (tertiary/aromatic N) is 4. The molecule has 3 aromatic heterocycles. The van der Waals surface area contributed by atoms with Crippen LogP contribution >= 0.6 is 11.8 Å². The molecule has 0 radical (unpaired) electrons. The van der Waals surface area contributed by atoms with Crippen molar-refractivity contribution in [3.8, 4) is 11.6 Å². The lowest BCUT2D eigenvalue weighted by atomic mass is 10.2. The van der Waals surface area contributed by atoms with Crippen molar-refractivity contribution < 1.29 is 9.21 Å². The van der Waals surface area contributed by atoms with E-state index in [0.717, 1.165) is 29.9 Å². The summed E-state index contributed by atoms with van der Waals surface area (Å²) in [6.45, 7) is 7.14. The van der Waals surface area contributed by atoms with Gasteiger partial charge in [-0.15, -0.1) is 10.2 Å². The SMILES string of the molecule is CCCn1c(C)cc(C(=O)CSc2nnc(-c3ccco3)n2C)c1C. The Bertz CT molecular complexity index is 877. The fourth-order valence-corrected chi connectivity index (χ4v) is 3.71. The second-order valence-corrected chi connectivity index (χ2v) is 6.93. The highest BCUT2D eigenvalue weighted by atomic mass is 32.2. The Labute approximate surface area is 151 Å². The Kier molecular flexibility index (Phi) is 5.13. The molecule has 0 bridgehead atoms. The Hall–Kier alpha value is -2.28. The number of carbonyl (C=O) groups excluding carboxylic acids is 1. The van der Waals surface area contributed by atoms with Crippen molar-refractivity contribution in [1.29, 1.82) is 0 Å². The first-order valence-electron chi connectivity index (χ1n) is 8.29. The number of rotatable bonds is 7. The van der Waals surface area contributed by atoms with Crippen LogP contribution in [0.4, 0.5) is 0 Å². The molecule has 3 aromatic rings. The van der Waals surface area contributed by atoms with Gasteiger partial charge in [-0.2, -0.15) is 0 Å². The predicted molar refractivity (Wildman–Crippen MR) is 98.0 cm³/mol. The molecule has 0 aliphatic carbocycles. The molecule has 0 aliphatic rings.